The number of amides is 1. The van der Waals surface area contributed by atoms with Crippen molar-refractivity contribution in [3.63, 3.8) is 0 Å². The average molecular weight is 292 g/mol. The fraction of sp³-hybridized carbons (Fsp3) is 0.111. The molecule has 1 heterocycles. The number of carbonyl (C=O) groups is 1. The Hall–Kier alpha value is -2.88. The zero-order valence-corrected chi connectivity index (χ0v) is 12.2. The van der Waals surface area contributed by atoms with Gasteiger partial charge in [0.2, 0.25) is 0 Å². The molecule has 1 amide bonds. The van der Waals surface area contributed by atoms with E-state index in [1.165, 1.54) is 0 Å². The van der Waals surface area contributed by atoms with Crippen molar-refractivity contribution in [3.8, 4) is 5.75 Å². The maximum Gasteiger partial charge on any atom is 0.253 e. The fourth-order valence-electron chi connectivity index (χ4n) is 2.29. The van der Waals surface area contributed by atoms with Crippen molar-refractivity contribution in [1.82, 2.24) is 10.3 Å². The Morgan fingerprint density at radius 2 is 1.95 bits per heavy atom. The number of aromatic nitrogens is 1. The molecule has 0 spiro atoms. The zero-order valence-electron chi connectivity index (χ0n) is 12.2. The van der Waals surface area contributed by atoms with Gasteiger partial charge in [-0.3, -0.25) is 9.78 Å². The molecule has 1 N–H and O–H groups in total. The van der Waals surface area contributed by atoms with E-state index in [9.17, 15) is 4.79 Å². The highest BCUT2D eigenvalue weighted by atomic mass is 16.5. The second kappa shape index (κ2) is 6.26. The van der Waals surface area contributed by atoms with Crippen LogP contribution in [0.1, 0.15) is 15.9 Å². The minimum absolute atomic E-state index is 0.122. The van der Waals surface area contributed by atoms with Gasteiger partial charge in [-0.2, -0.15) is 0 Å². The molecule has 22 heavy (non-hydrogen) atoms. The highest BCUT2D eigenvalue weighted by Gasteiger charge is 2.05. The number of carbonyl (C=O) groups excluding carboxylic acids is 1. The van der Waals surface area contributed by atoms with Gasteiger partial charge in [-0.1, -0.05) is 18.2 Å². The quantitative estimate of drug-likeness (QED) is 0.803. The number of fused-ring (bicyclic) bond motifs is 1. The monoisotopic (exact) mass is 292 g/mol. The summed E-state index contributed by atoms with van der Waals surface area (Å²) in [5.41, 5.74) is 1.61. The SMILES string of the molecule is COc1ccc2cc(CNC(=O)c3cccnc3)ccc2c1. The summed E-state index contributed by atoms with van der Waals surface area (Å²) in [5.74, 6) is 0.716. The molecule has 4 heteroatoms. The smallest absolute Gasteiger partial charge is 0.253 e. The summed E-state index contributed by atoms with van der Waals surface area (Å²) in [6.07, 6.45) is 3.20. The normalized spacial score (nSPS) is 10.4. The van der Waals surface area contributed by atoms with Crippen molar-refractivity contribution in [2.45, 2.75) is 6.54 Å². The number of rotatable bonds is 4. The standard InChI is InChI=1S/C18H16N2O2/c1-22-17-7-6-14-9-13(4-5-15(14)10-17)11-20-18(21)16-3-2-8-19-12-16/h2-10,12H,11H2,1H3,(H,20,21). The zero-order chi connectivity index (χ0) is 15.4. The third-order valence-electron chi connectivity index (χ3n) is 3.49. The van der Waals surface area contributed by atoms with Gasteiger partial charge in [-0.15, -0.1) is 0 Å². The number of methoxy groups -OCH3 is 1. The molecule has 0 saturated carbocycles. The van der Waals surface area contributed by atoms with Gasteiger partial charge >= 0.3 is 0 Å². The fourth-order valence-corrected chi connectivity index (χ4v) is 2.29. The van der Waals surface area contributed by atoms with E-state index in [1.807, 2.05) is 30.3 Å². The second-order valence-electron chi connectivity index (χ2n) is 4.97. The maximum atomic E-state index is 12.0. The molecular weight excluding hydrogens is 276 g/mol. The number of hydrogen-bond donors (Lipinski definition) is 1. The number of ether oxygens (including phenoxy) is 1. The Morgan fingerprint density at radius 3 is 2.73 bits per heavy atom. The minimum atomic E-state index is -0.122. The van der Waals surface area contributed by atoms with E-state index in [1.54, 1.807) is 31.6 Å². The van der Waals surface area contributed by atoms with Crippen LogP contribution in [0.5, 0.6) is 5.75 Å². The van der Waals surface area contributed by atoms with Gasteiger partial charge in [0.25, 0.3) is 5.91 Å². The van der Waals surface area contributed by atoms with Gasteiger partial charge in [-0.25, -0.2) is 0 Å². The highest BCUT2D eigenvalue weighted by molar-refractivity contribution is 5.93. The lowest BCUT2D eigenvalue weighted by Crippen LogP contribution is -2.22. The van der Waals surface area contributed by atoms with E-state index in [-0.39, 0.29) is 5.91 Å². The second-order valence-corrected chi connectivity index (χ2v) is 4.97. The third-order valence-corrected chi connectivity index (χ3v) is 3.49. The lowest BCUT2D eigenvalue weighted by Gasteiger charge is -2.07. The van der Waals surface area contributed by atoms with Crippen LogP contribution in [0.4, 0.5) is 0 Å². The van der Waals surface area contributed by atoms with Crippen LogP contribution in [0.15, 0.2) is 60.9 Å². The summed E-state index contributed by atoms with van der Waals surface area (Å²) < 4.78 is 5.22. The molecule has 0 radical (unpaired) electrons. The molecule has 0 saturated heterocycles. The van der Waals surface area contributed by atoms with E-state index in [4.69, 9.17) is 4.74 Å². The number of benzene rings is 2. The molecule has 0 fully saturated rings. The Kier molecular flexibility index (Phi) is 4.01. The molecule has 0 atom stereocenters. The molecular formula is C18H16N2O2. The van der Waals surface area contributed by atoms with Gasteiger partial charge in [-0.05, 0) is 46.7 Å². The first-order valence-electron chi connectivity index (χ1n) is 7.01. The summed E-state index contributed by atoms with van der Waals surface area (Å²) in [7, 11) is 1.66. The number of nitrogens with one attached hydrogen (secondary N) is 1. The first kappa shape index (κ1) is 14.1. The Labute approximate surface area is 128 Å². The Morgan fingerprint density at radius 1 is 1.14 bits per heavy atom. The lowest BCUT2D eigenvalue weighted by molar-refractivity contribution is 0.0950. The number of pyridine rings is 1. The Balaban J connectivity index is 1.73. The predicted molar refractivity (Wildman–Crippen MR) is 85.9 cm³/mol. The van der Waals surface area contributed by atoms with Crippen LogP contribution in [0.3, 0.4) is 0 Å². The van der Waals surface area contributed by atoms with Crippen molar-refractivity contribution in [3.05, 3.63) is 72.1 Å². The number of hydrogen-bond acceptors (Lipinski definition) is 3. The van der Waals surface area contributed by atoms with Gasteiger partial charge in [0.05, 0.1) is 12.7 Å². The maximum absolute atomic E-state index is 12.0. The van der Waals surface area contributed by atoms with Gasteiger partial charge in [0.15, 0.2) is 0 Å². The van der Waals surface area contributed by atoms with Crippen LogP contribution >= 0.6 is 0 Å². The molecule has 3 aromatic rings. The summed E-state index contributed by atoms with van der Waals surface area (Å²) in [6.45, 7) is 0.482. The molecule has 110 valence electrons. The largest absolute Gasteiger partial charge is 0.497 e. The van der Waals surface area contributed by atoms with E-state index in [2.05, 4.69) is 16.4 Å². The van der Waals surface area contributed by atoms with Crippen molar-refractivity contribution in [2.75, 3.05) is 7.11 Å². The van der Waals surface area contributed by atoms with Crippen LogP contribution in [-0.4, -0.2) is 18.0 Å². The van der Waals surface area contributed by atoms with Crippen molar-refractivity contribution >= 4 is 16.7 Å². The molecule has 1 aromatic heterocycles. The van der Waals surface area contributed by atoms with Crippen molar-refractivity contribution in [2.24, 2.45) is 0 Å². The molecule has 4 nitrogen and oxygen atoms in total. The molecule has 0 aliphatic rings. The van der Waals surface area contributed by atoms with Crippen LogP contribution in [0.2, 0.25) is 0 Å². The molecule has 0 aliphatic heterocycles. The average Bonchev–Trinajstić information content (AvgIpc) is 2.59. The first-order valence-corrected chi connectivity index (χ1v) is 7.01. The van der Waals surface area contributed by atoms with Crippen LogP contribution in [0.25, 0.3) is 10.8 Å². The van der Waals surface area contributed by atoms with E-state index in [0.29, 0.717) is 12.1 Å². The molecule has 0 aliphatic carbocycles. The Bertz CT molecular complexity index is 801. The lowest BCUT2D eigenvalue weighted by atomic mass is 10.1. The summed E-state index contributed by atoms with van der Waals surface area (Å²) in [6, 6.07) is 15.5. The molecule has 0 bridgehead atoms. The third kappa shape index (κ3) is 3.06. The van der Waals surface area contributed by atoms with E-state index >= 15 is 0 Å². The molecule has 0 unspecified atom stereocenters. The van der Waals surface area contributed by atoms with Crippen LogP contribution in [-0.2, 0) is 6.54 Å². The first-order chi connectivity index (χ1) is 10.8. The van der Waals surface area contributed by atoms with Crippen LogP contribution in [0, 0.1) is 0 Å². The van der Waals surface area contributed by atoms with Gasteiger partial charge in [0, 0.05) is 18.9 Å². The summed E-state index contributed by atoms with van der Waals surface area (Å²) in [4.78, 5) is 15.9. The van der Waals surface area contributed by atoms with Crippen molar-refractivity contribution < 1.29 is 9.53 Å². The minimum Gasteiger partial charge on any atom is -0.497 e. The predicted octanol–water partition coefficient (Wildman–Crippen LogP) is 3.17. The van der Waals surface area contributed by atoms with Gasteiger partial charge in [0.1, 0.15) is 5.75 Å². The van der Waals surface area contributed by atoms with Crippen LogP contribution < -0.4 is 10.1 Å². The summed E-state index contributed by atoms with van der Waals surface area (Å²) in [5, 5.41) is 5.13. The molecule has 3 rings (SSSR count). The van der Waals surface area contributed by atoms with E-state index in [0.717, 1.165) is 22.1 Å². The molecule has 2 aromatic carbocycles. The van der Waals surface area contributed by atoms with E-state index < -0.39 is 0 Å². The summed E-state index contributed by atoms with van der Waals surface area (Å²) >= 11 is 0. The highest BCUT2D eigenvalue weighted by Crippen LogP contribution is 2.21. The van der Waals surface area contributed by atoms with Gasteiger partial charge < -0.3 is 10.1 Å². The number of nitrogens with zero attached hydrogens (tertiary/aromatic N) is 1. The topological polar surface area (TPSA) is 51.2 Å². The van der Waals surface area contributed by atoms with Crippen molar-refractivity contribution in [1.29, 1.82) is 0 Å².